The van der Waals surface area contributed by atoms with Gasteiger partial charge in [0.15, 0.2) is 0 Å². The molecule has 0 amide bonds. The summed E-state index contributed by atoms with van der Waals surface area (Å²) in [6, 6.07) is 0. The zero-order chi connectivity index (χ0) is 4.99. The van der Waals surface area contributed by atoms with Crippen LogP contribution < -0.4 is 0 Å². The third kappa shape index (κ3) is 3.74. The van der Waals surface area contributed by atoms with E-state index in [9.17, 15) is 0 Å². The van der Waals surface area contributed by atoms with Crippen LogP contribution in [-0.2, 0) is 0 Å². The maximum atomic E-state index is 3.58. The summed E-state index contributed by atoms with van der Waals surface area (Å²) in [6.07, 6.45) is 2.97. The highest BCUT2D eigenvalue weighted by Gasteiger charge is 1.65. The van der Waals surface area contributed by atoms with Crippen LogP contribution in [0.4, 0.5) is 0 Å². The number of hydrogen-bond acceptors (Lipinski definition) is 0. The molecule has 0 N–H and O–H groups in total. The van der Waals surface area contributed by atoms with Gasteiger partial charge in [0, 0.05) is 0 Å². The predicted octanol–water partition coefficient (Wildman–Crippen LogP) is 2.18. The van der Waals surface area contributed by atoms with E-state index in [-0.39, 0.29) is 0 Å². The fourth-order valence-corrected chi connectivity index (χ4v) is 0.289. The molecular weight excluding hydrogens is 72.1 g/mol. The second-order valence-corrected chi connectivity index (χ2v) is 1.70. The number of allylic oxidation sites excluding steroid dienone is 1. The zero-order valence-corrected chi connectivity index (χ0v) is 4.49. The van der Waals surface area contributed by atoms with Crippen molar-refractivity contribution >= 4 is 0 Å². The van der Waals surface area contributed by atoms with Crippen LogP contribution in [0, 0.1) is 5.92 Å². The third-order valence-electron chi connectivity index (χ3n) is 0.553. The first kappa shape index (κ1) is 5.74. The molecule has 0 aliphatic heterocycles. The summed E-state index contributed by atoms with van der Waals surface area (Å²) in [7, 11) is 0. The summed E-state index contributed by atoms with van der Waals surface area (Å²) in [5, 5.41) is 0. The van der Waals surface area contributed by atoms with Gasteiger partial charge in [0.2, 0.25) is 0 Å². The summed E-state index contributed by atoms with van der Waals surface area (Å²) < 4.78 is 0. The zero-order valence-electron chi connectivity index (χ0n) is 4.49. The Morgan fingerprint density at radius 2 is 2.17 bits per heavy atom. The van der Waals surface area contributed by atoms with Crippen molar-refractivity contribution in [1.29, 1.82) is 0 Å². The average Bonchev–Trinajstić information content (AvgIpc) is 1.35. The van der Waals surface area contributed by atoms with E-state index < -0.39 is 0 Å². The van der Waals surface area contributed by atoms with Crippen molar-refractivity contribution in [2.24, 2.45) is 0 Å². The number of hydrogen-bond donors (Lipinski definition) is 0. The molecule has 0 heteroatoms. The quantitative estimate of drug-likeness (QED) is 0.354. The first-order valence-corrected chi connectivity index (χ1v) is 2.17. The van der Waals surface area contributed by atoms with E-state index in [1.54, 1.807) is 0 Å². The lowest BCUT2D eigenvalue weighted by Gasteiger charge is -2.10. The van der Waals surface area contributed by atoms with Gasteiger partial charge in [-0.1, -0.05) is 0 Å². The molecule has 0 unspecified atom stereocenters. The normalized spacial score (nSPS) is 9.17. The van der Waals surface area contributed by atoms with Gasteiger partial charge in [-0.3, -0.25) is 0 Å². The highest BCUT2D eigenvalue weighted by atomic mass is 13.9. The first-order valence-electron chi connectivity index (χ1n) is 2.17. The Hall–Kier alpha value is -0.260. The molecule has 0 saturated heterocycles. The summed E-state index contributed by atoms with van der Waals surface area (Å²) in [4.78, 5) is 0. The van der Waals surface area contributed by atoms with E-state index in [1.165, 1.54) is 5.92 Å². The fourth-order valence-electron chi connectivity index (χ4n) is 0.289. The summed E-state index contributed by atoms with van der Waals surface area (Å²) in [5.74, 6) is 1.42. The van der Waals surface area contributed by atoms with Crippen LogP contribution in [0.2, 0.25) is 0 Å². The number of rotatable bonds is 2. The highest BCUT2D eigenvalue weighted by Crippen LogP contribution is 1.99. The van der Waals surface area contributed by atoms with Crippen LogP contribution in [0.25, 0.3) is 0 Å². The van der Waals surface area contributed by atoms with Crippen LogP contribution in [0.3, 0.4) is 0 Å². The third-order valence-corrected chi connectivity index (χ3v) is 0.553. The maximum Gasteiger partial charge on any atom is -0.106 e. The molecule has 0 atom stereocenters. The van der Waals surface area contributed by atoms with E-state index >= 15 is 0 Å². The topological polar surface area (TPSA) is 0 Å². The molecule has 0 bridgehead atoms. The van der Waals surface area contributed by atoms with E-state index in [1.807, 2.05) is 6.08 Å². The molecule has 0 rings (SSSR count). The van der Waals surface area contributed by atoms with Crippen molar-refractivity contribution in [2.45, 2.75) is 20.3 Å². The van der Waals surface area contributed by atoms with Crippen molar-refractivity contribution in [2.75, 3.05) is 0 Å². The fraction of sp³-hybridized carbons (Fsp3) is 0.500. The van der Waals surface area contributed by atoms with Crippen LogP contribution in [0.1, 0.15) is 20.3 Å². The molecule has 0 heterocycles. The predicted molar refractivity (Wildman–Crippen MR) is 29.4 cm³/mol. The van der Waals surface area contributed by atoms with Gasteiger partial charge < -0.3 is 5.92 Å². The Morgan fingerprint density at radius 3 is 2.17 bits per heavy atom. The van der Waals surface area contributed by atoms with Crippen LogP contribution in [-0.4, -0.2) is 0 Å². The van der Waals surface area contributed by atoms with Gasteiger partial charge in [0.25, 0.3) is 0 Å². The lowest BCUT2D eigenvalue weighted by molar-refractivity contribution is 0.994. The minimum atomic E-state index is 1.06. The SMILES string of the molecule is C=CC[C-](C)C. The van der Waals surface area contributed by atoms with Crippen molar-refractivity contribution in [3.05, 3.63) is 18.6 Å². The molecule has 36 valence electrons. The van der Waals surface area contributed by atoms with E-state index in [0.717, 1.165) is 6.42 Å². The lowest BCUT2D eigenvalue weighted by Crippen LogP contribution is -1.75. The molecule has 0 nitrogen and oxygen atoms in total. The van der Waals surface area contributed by atoms with Gasteiger partial charge in [-0.05, 0) is 0 Å². The lowest BCUT2D eigenvalue weighted by atomic mass is 10.1. The Balaban J connectivity index is 2.81. The Labute approximate surface area is 39.9 Å². The minimum Gasteiger partial charge on any atom is -0.316 e. The van der Waals surface area contributed by atoms with Crippen LogP contribution >= 0.6 is 0 Å². The largest absolute Gasteiger partial charge is 0.316 e. The van der Waals surface area contributed by atoms with E-state index in [2.05, 4.69) is 20.4 Å². The summed E-state index contributed by atoms with van der Waals surface area (Å²) in [5.41, 5.74) is 0. The molecule has 0 aromatic carbocycles. The van der Waals surface area contributed by atoms with E-state index in [0.29, 0.717) is 0 Å². The molecule has 0 aromatic rings. The molecular formula is C6H11-. The van der Waals surface area contributed by atoms with Gasteiger partial charge in [-0.15, -0.1) is 12.7 Å². The molecule has 0 aromatic heterocycles. The van der Waals surface area contributed by atoms with Crippen molar-refractivity contribution < 1.29 is 0 Å². The second kappa shape index (κ2) is 2.95. The van der Waals surface area contributed by atoms with Gasteiger partial charge in [-0.2, -0.15) is 20.3 Å². The molecule has 0 saturated carbocycles. The van der Waals surface area contributed by atoms with Crippen LogP contribution in [0.5, 0.6) is 0 Å². The standard InChI is InChI=1S/C6H11/c1-4-5-6(2)3/h4H,1,5H2,2-3H3/q-1. The molecule has 6 heavy (non-hydrogen) atoms. The van der Waals surface area contributed by atoms with Crippen LogP contribution in [0.15, 0.2) is 12.7 Å². The highest BCUT2D eigenvalue weighted by molar-refractivity contribution is 4.86. The van der Waals surface area contributed by atoms with Gasteiger partial charge in [-0.25, -0.2) is 0 Å². The Kier molecular flexibility index (Phi) is 2.82. The molecule has 0 aliphatic rings. The van der Waals surface area contributed by atoms with Gasteiger partial charge >= 0.3 is 0 Å². The van der Waals surface area contributed by atoms with Crippen molar-refractivity contribution in [3.8, 4) is 0 Å². The smallest absolute Gasteiger partial charge is 0.106 e. The molecule has 0 radical (unpaired) electrons. The Bertz CT molecular complexity index is 35.3. The Morgan fingerprint density at radius 1 is 1.67 bits per heavy atom. The van der Waals surface area contributed by atoms with E-state index in [4.69, 9.17) is 0 Å². The molecule has 0 aliphatic carbocycles. The molecule has 0 spiro atoms. The van der Waals surface area contributed by atoms with Gasteiger partial charge in [0.05, 0.1) is 0 Å². The van der Waals surface area contributed by atoms with Crippen molar-refractivity contribution in [1.82, 2.24) is 0 Å². The monoisotopic (exact) mass is 83.1 g/mol. The summed E-state index contributed by atoms with van der Waals surface area (Å²) >= 11 is 0. The van der Waals surface area contributed by atoms with Crippen molar-refractivity contribution in [3.63, 3.8) is 0 Å². The summed E-state index contributed by atoms with van der Waals surface area (Å²) in [6.45, 7) is 7.78. The second-order valence-electron chi connectivity index (χ2n) is 1.70. The van der Waals surface area contributed by atoms with Gasteiger partial charge in [0.1, 0.15) is 0 Å². The first-order chi connectivity index (χ1) is 2.77. The average molecular weight is 83.2 g/mol. The maximum absolute atomic E-state index is 3.58. The molecule has 0 fully saturated rings. The minimum absolute atomic E-state index is 1.06.